The summed E-state index contributed by atoms with van der Waals surface area (Å²) in [6.45, 7) is 7.36. The van der Waals surface area contributed by atoms with Crippen LogP contribution in [0.1, 0.15) is 25.7 Å². The number of anilines is 1. The van der Waals surface area contributed by atoms with Gasteiger partial charge < -0.3 is 4.90 Å². The Morgan fingerprint density at radius 2 is 1.95 bits per heavy atom. The van der Waals surface area contributed by atoms with E-state index in [1.54, 1.807) is 4.90 Å². The zero-order valence-electron chi connectivity index (χ0n) is 12.8. The number of quaternary nitrogens is 1. The highest BCUT2D eigenvalue weighted by Gasteiger charge is 2.26. The van der Waals surface area contributed by atoms with Gasteiger partial charge in [-0.1, -0.05) is 12.1 Å². The topological polar surface area (TPSA) is 25.3 Å². The largest absolute Gasteiger partial charge is 0.358 e. The van der Waals surface area contributed by atoms with E-state index < -0.39 is 0 Å². The van der Waals surface area contributed by atoms with Crippen molar-refractivity contribution in [2.45, 2.75) is 38.8 Å². The van der Waals surface area contributed by atoms with Gasteiger partial charge in [0.1, 0.15) is 24.1 Å². The molecule has 1 aromatic carbocycles. The Bertz CT molecular complexity index is 625. The van der Waals surface area contributed by atoms with Crippen LogP contribution >= 0.6 is 0 Å². The first-order valence-corrected chi connectivity index (χ1v) is 8.52. The molecule has 0 saturated carbocycles. The number of hydrogen-bond acceptors (Lipinski definition) is 1. The van der Waals surface area contributed by atoms with Gasteiger partial charge in [-0.2, -0.15) is 0 Å². The predicted molar refractivity (Wildman–Crippen MR) is 84.7 cm³/mol. The van der Waals surface area contributed by atoms with E-state index in [0.29, 0.717) is 0 Å². The molecule has 1 aromatic heterocycles. The highest BCUT2D eigenvalue weighted by Crippen LogP contribution is 2.19. The van der Waals surface area contributed by atoms with Crippen molar-refractivity contribution in [1.82, 2.24) is 4.57 Å². The smallest absolute Gasteiger partial charge is 0.332 e. The Morgan fingerprint density at radius 1 is 1.10 bits per heavy atom. The van der Waals surface area contributed by atoms with Gasteiger partial charge in [0.15, 0.2) is 0 Å². The summed E-state index contributed by atoms with van der Waals surface area (Å²) in [6.07, 6.45) is 5.48. The summed E-state index contributed by atoms with van der Waals surface area (Å²) in [5, 5.41) is 3.63. The molecule has 3 heterocycles. The van der Waals surface area contributed by atoms with Crippen molar-refractivity contribution in [1.29, 1.82) is 0 Å². The van der Waals surface area contributed by atoms with Crippen LogP contribution in [-0.2, 0) is 13.1 Å². The molecule has 1 fully saturated rings. The molecule has 0 bridgehead atoms. The van der Waals surface area contributed by atoms with Crippen LogP contribution in [0.4, 0.5) is 5.95 Å². The summed E-state index contributed by atoms with van der Waals surface area (Å²) in [5.74, 6) is 1.32. The van der Waals surface area contributed by atoms with Crippen LogP contribution in [0.2, 0.25) is 0 Å². The quantitative estimate of drug-likeness (QED) is 0.802. The number of hydrogen-bond donors (Lipinski definition) is 2. The third-order valence-electron chi connectivity index (χ3n) is 5.07. The summed E-state index contributed by atoms with van der Waals surface area (Å²) >= 11 is 0. The van der Waals surface area contributed by atoms with Crippen LogP contribution < -0.4 is 14.8 Å². The first-order valence-electron chi connectivity index (χ1n) is 8.52. The van der Waals surface area contributed by atoms with Gasteiger partial charge in [0.25, 0.3) is 0 Å². The van der Waals surface area contributed by atoms with Crippen molar-refractivity contribution in [3.05, 3.63) is 24.3 Å². The van der Waals surface area contributed by atoms with E-state index in [1.807, 2.05) is 0 Å². The number of aryl methyl sites for hydroxylation is 1. The maximum atomic E-state index is 3.63. The fraction of sp³-hybridized carbons (Fsp3) is 0.588. The first kappa shape index (κ1) is 13.1. The normalized spacial score (nSPS) is 19.4. The summed E-state index contributed by atoms with van der Waals surface area (Å²) < 4.78 is 4.97. The summed E-state index contributed by atoms with van der Waals surface area (Å²) in [4.78, 5) is 1.79. The molecule has 2 N–H and O–H groups in total. The maximum absolute atomic E-state index is 3.63. The Hall–Kier alpha value is -1.55. The number of nitrogens with one attached hydrogen (secondary N) is 2. The van der Waals surface area contributed by atoms with Crippen molar-refractivity contribution in [3.63, 3.8) is 0 Å². The van der Waals surface area contributed by atoms with E-state index in [9.17, 15) is 0 Å². The van der Waals surface area contributed by atoms with Crippen molar-refractivity contribution < 1.29 is 9.47 Å². The van der Waals surface area contributed by atoms with E-state index >= 15 is 0 Å². The number of nitrogens with zero attached hydrogens (tertiary/aromatic N) is 2. The molecule has 0 radical (unpaired) electrons. The molecular formula is C17H26N4+2. The van der Waals surface area contributed by atoms with E-state index in [1.165, 1.54) is 62.3 Å². The second-order valence-electron chi connectivity index (χ2n) is 6.46. The Kier molecular flexibility index (Phi) is 3.55. The average Bonchev–Trinajstić information content (AvgIpc) is 2.88. The lowest BCUT2D eigenvalue weighted by Crippen LogP contribution is -3.13. The van der Waals surface area contributed by atoms with Gasteiger partial charge >= 0.3 is 5.95 Å². The molecule has 2 aliphatic rings. The predicted octanol–water partition coefficient (Wildman–Crippen LogP) is 0.813. The lowest BCUT2D eigenvalue weighted by atomic mass is 10.1. The molecule has 4 nitrogen and oxygen atoms in total. The van der Waals surface area contributed by atoms with E-state index in [-0.39, 0.29) is 0 Å². The monoisotopic (exact) mass is 286 g/mol. The van der Waals surface area contributed by atoms with Crippen molar-refractivity contribution in [2.24, 2.45) is 0 Å². The van der Waals surface area contributed by atoms with Gasteiger partial charge in [0.05, 0.1) is 26.2 Å². The average molecular weight is 286 g/mol. The summed E-state index contributed by atoms with van der Waals surface area (Å²) in [5.41, 5.74) is 2.77. The van der Waals surface area contributed by atoms with E-state index in [2.05, 4.69) is 38.7 Å². The highest BCUT2D eigenvalue weighted by atomic mass is 15.3. The van der Waals surface area contributed by atoms with Crippen molar-refractivity contribution in [2.75, 3.05) is 31.5 Å². The van der Waals surface area contributed by atoms with E-state index in [4.69, 9.17) is 0 Å². The maximum Gasteiger partial charge on any atom is 0.358 e. The molecule has 21 heavy (non-hydrogen) atoms. The van der Waals surface area contributed by atoms with Gasteiger partial charge in [0.2, 0.25) is 0 Å². The van der Waals surface area contributed by atoms with Crippen LogP contribution in [0, 0.1) is 0 Å². The summed E-state index contributed by atoms with van der Waals surface area (Å²) in [6, 6.07) is 8.85. The molecule has 1 saturated heterocycles. The van der Waals surface area contributed by atoms with Gasteiger partial charge in [-0.3, -0.25) is 5.32 Å². The fourth-order valence-electron chi connectivity index (χ4n) is 3.95. The number of fused-ring (bicyclic) bond motifs is 3. The SMILES string of the molecule is c1ccc2c(c1)n(CC[NH+]1CCCCC1)c1[n+]2CCCN1. The number of piperidine rings is 1. The number of aromatic nitrogens is 2. The molecular weight excluding hydrogens is 260 g/mol. The molecule has 2 aromatic rings. The number of para-hydroxylation sites is 2. The molecule has 0 spiro atoms. The number of rotatable bonds is 3. The second kappa shape index (κ2) is 5.68. The third-order valence-corrected chi connectivity index (χ3v) is 5.07. The molecule has 4 heteroatoms. The van der Waals surface area contributed by atoms with Crippen LogP contribution in [0.15, 0.2) is 24.3 Å². The third kappa shape index (κ3) is 2.42. The van der Waals surface area contributed by atoms with Gasteiger partial charge in [-0.15, -0.1) is 0 Å². The molecule has 2 aliphatic heterocycles. The number of imidazole rings is 1. The van der Waals surface area contributed by atoms with Crippen LogP contribution in [0.5, 0.6) is 0 Å². The minimum absolute atomic E-state index is 1.10. The van der Waals surface area contributed by atoms with Crippen LogP contribution in [0.25, 0.3) is 11.0 Å². The minimum atomic E-state index is 1.10. The van der Waals surface area contributed by atoms with Crippen molar-refractivity contribution in [3.8, 4) is 0 Å². The molecule has 4 rings (SSSR count). The van der Waals surface area contributed by atoms with Crippen LogP contribution in [-0.4, -0.2) is 30.7 Å². The minimum Gasteiger partial charge on any atom is -0.332 e. The lowest BCUT2D eigenvalue weighted by molar-refractivity contribution is -0.905. The molecule has 112 valence electrons. The zero-order chi connectivity index (χ0) is 14.1. The standard InChI is InChI=1S/C17H24N4/c1-4-10-19(11-5-1)13-14-21-16-8-3-2-7-15(16)20-12-6-9-18-17(20)21/h2-3,7-8H,1,4-6,9-14H2/p+2. The van der Waals surface area contributed by atoms with Crippen molar-refractivity contribution >= 4 is 17.0 Å². The molecule has 0 amide bonds. The molecule has 0 unspecified atom stereocenters. The Balaban J connectivity index is 1.64. The Labute approximate surface area is 126 Å². The van der Waals surface area contributed by atoms with Crippen LogP contribution in [0.3, 0.4) is 0 Å². The van der Waals surface area contributed by atoms with Gasteiger partial charge in [0, 0.05) is 6.42 Å². The summed E-state index contributed by atoms with van der Waals surface area (Å²) in [7, 11) is 0. The number of likely N-dealkylation sites (tertiary alicyclic amines) is 1. The Morgan fingerprint density at radius 3 is 2.86 bits per heavy atom. The number of benzene rings is 1. The van der Waals surface area contributed by atoms with Gasteiger partial charge in [-0.05, 0) is 31.4 Å². The molecule has 0 atom stereocenters. The molecule has 0 aliphatic carbocycles. The van der Waals surface area contributed by atoms with Gasteiger partial charge in [-0.25, -0.2) is 9.13 Å². The second-order valence-corrected chi connectivity index (χ2v) is 6.46. The van der Waals surface area contributed by atoms with E-state index in [0.717, 1.165) is 19.6 Å². The lowest BCUT2D eigenvalue weighted by Gasteiger charge is -2.23. The zero-order valence-corrected chi connectivity index (χ0v) is 12.8. The first-order chi connectivity index (χ1) is 10.4. The highest BCUT2D eigenvalue weighted by molar-refractivity contribution is 5.74. The fourth-order valence-corrected chi connectivity index (χ4v) is 3.95.